The molecule has 8 heterocycles. The lowest BCUT2D eigenvalue weighted by atomic mass is 9.95. The van der Waals surface area contributed by atoms with E-state index in [1.165, 1.54) is 35.3 Å². The van der Waals surface area contributed by atoms with Crippen molar-refractivity contribution in [3.63, 3.8) is 0 Å². The topological polar surface area (TPSA) is 434 Å². The Kier molecular flexibility index (Phi) is 32.5. The number of aliphatic hydroxyl groups excluding tert-OH is 3. The van der Waals surface area contributed by atoms with E-state index in [2.05, 4.69) is 104 Å². The average Bonchev–Trinajstić information content (AvgIpc) is 1.41. The van der Waals surface area contributed by atoms with Crippen molar-refractivity contribution < 1.29 is 34.5 Å². The van der Waals surface area contributed by atoms with Gasteiger partial charge in [-0.25, -0.2) is 23.4 Å². The number of halogens is 8. The summed E-state index contributed by atoms with van der Waals surface area (Å²) < 4.78 is 8.08. The van der Waals surface area contributed by atoms with Gasteiger partial charge in [-0.05, 0) is 157 Å². The number of carbonyl (C=O) groups excluding carboxylic acids is 4. The number of amides is 4. The molecule has 4 fully saturated rings. The third kappa shape index (κ3) is 23.0. The quantitative estimate of drug-likeness (QED) is 0.0295. The number of aromatic nitrogens is 24. The number of benzene rings is 8. The number of hydrogen-bond donors (Lipinski definition) is 8. The van der Waals surface area contributed by atoms with Gasteiger partial charge in [0, 0.05) is 118 Å². The van der Waals surface area contributed by atoms with Crippen molar-refractivity contribution in [1.29, 1.82) is 0 Å². The maximum atomic E-state index is 13.3. The molecule has 0 bridgehead atoms. The zero-order valence-electron chi connectivity index (χ0n) is 77.5. The molecule has 0 unspecified atom stereocenters. The summed E-state index contributed by atoms with van der Waals surface area (Å²) in [5.74, 6) is 1.01. The summed E-state index contributed by atoms with van der Waals surface area (Å²) in [6, 6.07) is 51.0. The van der Waals surface area contributed by atoms with E-state index in [9.17, 15) is 34.5 Å². The first-order valence-corrected chi connectivity index (χ1v) is 49.6. The Morgan fingerprint density at radius 1 is 0.331 bits per heavy atom. The van der Waals surface area contributed by atoms with E-state index >= 15 is 0 Å². The van der Waals surface area contributed by atoms with Crippen LogP contribution in [0.3, 0.4) is 0 Å². The van der Waals surface area contributed by atoms with Crippen LogP contribution in [0, 0.1) is 6.92 Å². The molecular formula is C99H98Cl8N28O7. The summed E-state index contributed by atoms with van der Waals surface area (Å²) in [6.07, 6.45) is 21.2. The van der Waals surface area contributed by atoms with E-state index in [1.807, 2.05) is 104 Å². The molecule has 4 saturated carbocycles. The number of tetrazole rings is 4. The van der Waals surface area contributed by atoms with Crippen LogP contribution in [0.4, 0.5) is 0 Å². The molecule has 142 heavy (non-hydrogen) atoms. The van der Waals surface area contributed by atoms with E-state index in [-0.39, 0.29) is 84.7 Å². The van der Waals surface area contributed by atoms with Crippen molar-refractivity contribution in [2.45, 2.75) is 179 Å². The highest BCUT2D eigenvalue weighted by atomic mass is 35.5. The number of nitrogens with one attached hydrogen (secondary N) is 5. The Balaban J connectivity index is 0.000000130. The molecule has 8 aromatic heterocycles. The van der Waals surface area contributed by atoms with Crippen LogP contribution in [0.2, 0.25) is 40.2 Å². The van der Waals surface area contributed by atoms with Gasteiger partial charge in [0.15, 0.2) is 28.6 Å². The number of nitrogens with zero attached hydrogens (tertiary/aromatic N) is 23. The molecule has 8 aromatic carbocycles. The summed E-state index contributed by atoms with van der Waals surface area (Å²) in [4.78, 5) is 56.0. The summed E-state index contributed by atoms with van der Waals surface area (Å²) in [6.45, 7) is 0.793. The number of aliphatic hydroxyl groups is 3. The number of rotatable bonds is 23. The van der Waals surface area contributed by atoms with Gasteiger partial charge in [-0.15, -0.1) is 35.7 Å². The Bertz CT molecular complexity index is 7180. The molecule has 0 spiro atoms. The second-order valence-electron chi connectivity index (χ2n) is 35.0. The second kappa shape index (κ2) is 45.9. The largest absolute Gasteiger partial charge is 0.392 e. The lowest BCUT2D eigenvalue weighted by molar-refractivity contribution is 0.0911. The summed E-state index contributed by atoms with van der Waals surface area (Å²) >= 11 is 50.7. The number of H-pyrrole nitrogens is 1. The lowest BCUT2D eigenvalue weighted by Crippen LogP contribution is -2.36. The number of aryl methyl sites for hydroxylation is 3. The monoisotopic (exact) mass is 2070 g/mol. The third-order valence-corrected chi connectivity index (χ3v) is 27.5. The number of carbonyl (C=O) groups is 4. The van der Waals surface area contributed by atoms with Crippen LogP contribution < -0.4 is 21.3 Å². The first-order valence-electron chi connectivity index (χ1n) is 46.6. The van der Waals surface area contributed by atoms with E-state index < -0.39 is 0 Å². The Hall–Kier alpha value is -13.0. The molecule has 20 rings (SSSR count). The predicted octanol–water partition coefficient (Wildman–Crippen LogP) is 19.2. The van der Waals surface area contributed by atoms with Gasteiger partial charge < -0.3 is 36.6 Å². The molecule has 0 atom stereocenters. The van der Waals surface area contributed by atoms with Crippen molar-refractivity contribution in [3.05, 3.63) is 255 Å². The molecule has 43 heteroatoms. The van der Waals surface area contributed by atoms with Crippen molar-refractivity contribution in [3.8, 4) is 113 Å². The van der Waals surface area contributed by atoms with Crippen molar-refractivity contribution in [1.82, 2.24) is 142 Å². The molecule has 8 N–H and O–H groups in total. The predicted molar refractivity (Wildman–Crippen MR) is 542 cm³/mol. The third-order valence-electron chi connectivity index (χ3n) is 25.4. The van der Waals surface area contributed by atoms with Gasteiger partial charge in [-0.3, -0.25) is 19.2 Å². The fraction of sp³-hybridized carbons (Fsp3) is 0.313. The number of aromatic amines is 1. The van der Waals surface area contributed by atoms with E-state index in [4.69, 9.17) is 97.9 Å². The van der Waals surface area contributed by atoms with Gasteiger partial charge in [-0.2, -0.15) is 35.2 Å². The van der Waals surface area contributed by atoms with Crippen LogP contribution >= 0.6 is 92.8 Å². The van der Waals surface area contributed by atoms with Crippen LogP contribution in [-0.2, 0) is 41.0 Å². The Morgan fingerprint density at radius 3 is 0.887 bits per heavy atom. The normalized spacial score (nSPS) is 14.2. The maximum absolute atomic E-state index is 13.3. The highest BCUT2D eigenvalue weighted by Crippen LogP contribution is 2.42. The molecule has 16 aromatic rings. The van der Waals surface area contributed by atoms with Crippen LogP contribution in [0.1, 0.15) is 193 Å². The van der Waals surface area contributed by atoms with E-state index in [0.29, 0.717) is 126 Å². The minimum atomic E-state index is -0.374. The van der Waals surface area contributed by atoms with Gasteiger partial charge in [0.25, 0.3) is 23.6 Å². The van der Waals surface area contributed by atoms with Gasteiger partial charge in [0.2, 0.25) is 17.5 Å². The smallest absolute Gasteiger partial charge is 0.272 e. The minimum Gasteiger partial charge on any atom is -0.392 e. The molecule has 0 saturated heterocycles. The zero-order valence-corrected chi connectivity index (χ0v) is 83.6. The van der Waals surface area contributed by atoms with Gasteiger partial charge in [0.05, 0.1) is 99.5 Å². The van der Waals surface area contributed by atoms with Crippen LogP contribution in [0.25, 0.3) is 113 Å². The summed E-state index contributed by atoms with van der Waals surface area (Å²) in [5, 5.41) is 116. The Labute approximate surface area is 855 Å². The highest BCUT2D eigenvalue weighted by molar-refractivity contribution is 6.37. The maximum Gasteiger partial charge on any atom is 0.272 e. The van der Waals surface area contributed by atoms with Crippen molar-refractivity contribution >= 4 is 116 Å². The fourth-order valence-electron chi connectivity index (χ4n) is 18.3. The molecule has 0 radical (unpaired) electrons. The summed E-state index contributed by atoms with van der Waals surface area (Å²) in [5.41, 5.74) is 14.0. The molecule has 732 valence electrons. The molecule has 4 aliphatic rings. The average molecular weight is 2080 g/mol. The number of hydrogen-bond acceptors (Lipinski definition) is 23. The van der Waals surface area contributed by atoms with E-state index in [0.717, 1.165) is 158 Å². The lowest BCUT2D eigenvalue weighted by Gasteiger charge is -2.22. The van der Waals surface area contributed by atoms with Crippen LogP contribution in [0.15, 0.2) is 170 Å². The first kappa shape index (κ1) is 100. The minimum absolute atomic E-state index is 0.101. The van der Waals surface area contributed by atoms with Gasteiger partial charge in [0.1, 0.15) is 0 Å². The van der Waals surface area contributed by atoms with Crippen molar-refractivity contribution in [2.75, 3.05) is 0 Å². The second-order valence-corrected chi connectivity index (χ2v) is 38.3. The molecule has 4 aliphatic carbocycles. The zero-order chi connectivity index (χ0) is 99.4. The van der Waals surface area contributed by atoms with E-state index in [1.54, 1.807) is 117 Å². The highest BCUT2D eigenvalue weighted by Gasteiger charge is 2.34. The molecule has 4 amide bonds. The van der Waals surface area contributed by atoms with Gasteiger partial charge in [-0.1, -0.05) is 267 Å². The van der Waals surface area contributed by atoms with Crippen molar-refractivity contribution in [2.24, 2.45) is 21.1 Å². The molecular weight excluding hydrogens is 1980 g/mol. The van der Waals surface area contributed by atoms with Gasteiger partial charge >= 0.3 is 0 Å². The summed E-state index contributed by atoms with van der Waals surface area (Å²) in [7, 11) is 5.19. The Morgan fingerprint density at radius 2 is 0.613 bits per heavy atom. The van der Waals surface area contributed by atoms with Crippen LogP contribution in [-0.4, -0.2) is 183 Å². The SMILES string of the molecule is Cc1c(C(=O)NC2CCCCC2)nn(-c2ccc(Cl)cc2Cl)c1-c1ccc(-c2nnn(C)n2)cc1.Cn1nnc(-c2ccc(-c3c(CO)c(C(=O)NC4CCCCC4)nn3-c3ccc(Cl)cc3Cl)cc2)n1.Cn1nnnc1-c1ccc(-c2c(CO)c(C(=O)NC3CCCCC3)nn2-c2ccc(Cl)cc2Cl)cc1.O=C(NC1CCCCC1)c1nn(-c2ccc(Cl)cc2Cl)c(-c2ccc(-c3nn[nH]n3)cc2)c1CO. The fourth-order valence-corrected chi connectivity index (χ4v) is 20.2. The molecule has 0 aliphatic heterocycles. The standard InChI is InChI=1S/2C25H25Cl2N7O2.C25H25Cl2N7O.C24H23Cl2N7O2/c1-33-24(29-31-32-33)16-9-7-15(8-10-16)23-19(14-35)22(25(36)28-18-5-3-2-4-6-18)30-34(23)21-12-11-17(26)13-20(21)27;1-33-31-24(29-32-33)16-9-7-15(8-10-16)23-19(14-35)22(25(36)28-18-5-3-2-4-6-18)30-34(23)21-12-11-17(26)13-20(21)27;1-15-22(25(35)28-19-6-4-3-5-7-19)30-34(21-13-12-18(26)14-20(21)27)23(15)16-8-10-17(11-9-16)24-29-32-33(2)31-24;25-16-10-11-20(19(26)12-16)33-22(14-6-8-15(9-7-14)23-28-31-32-29-23)18(13-34)21(30-33)24(35)27-17-4-2-1-3-5-17/h2*7-13,18,35H,2-6,14H2,1H3,(H,28,36);8-14,19H,3-7H2,1-2H3,(H,28,35);6-12,17,34H,1-5,13H2,(H,27,35)(H,28,29,31,32). The molecule has 35 nitrogen and oxygen atoms in total. The first-order chi connectivity index (χ1) is 68.8. The van der Waals surface area contributed by atoms with Crippen LogP contribution in [0.5, 0.6) is 0 Å².